The van der Waals surface area contributed by atoms with Gasteiger partial charge in [0, 0.05) is 11.3 Å². The second-order valence-corrected chi connectivity index (χ2v) is 10.8. The van der Waals surface area contributed by atoms with Gasteiger partial charge in [-0.25, -0.2) is 24.3 Å². The number of hydrogen-bond donors (Lipinski definition) is 1. The third-order valence-electron chi connectivity index (χ3n) is 7.95. The molecular weight excluding hydrogens is 580 g/mol. The minimum atomic E-state index is -0.401. The fourth-order valence-corrected chi connectivity index (χ4v) is 5.82. The zero-order valence-corrected chi connectivity index (χ0v) is 25.5. The van der Waals surface area contributed by atoms with Gasteiger partial charge >= 0.3 is 11.9 Å². The Bertz CT molecular complexity index is 2010. The van der Waals surface area contributed by atoms with Crippen molar-refractivity contribution in [1.82, 2.24) is 9.78 Å². The molecule has 2 aliphatic heterocycles. The van der Waals surface area contributed by atoms with Crippen molar-refractivity contribution in [3.63, 3.8) is 0 Å². The molecule has 3 heterocycles. The number of aryl methyl sites for hydroxylation is 1. The van der Waals surface area contributed by atoms with Crippen LogP contribution in [0.3, 0.4) is 0 Å². The molecule has 46 heavy (non-hydrogen) atoms. The van der Waals surface area contributed by atoms with E-state index in [1.165, 1.54) is 7.11 Å². The molecule has 2 aliphatic rings. The van der Waals surface area contributed by atoms with E-state index in [4.69, 9.17) is 24.6 Å². The van der Waals surface area contributed by atoms with Crippen LogP contribution in [0, 0.1) is 6.92 Å². The molecule has 10 nitrogen and oxygen atoms in total. The lowest BCUT2D eigenvalue weighted by molar-refractivity contribution is 0.0525. The lowest BCUT2D eigenvalue weighted by Gasteiger charge is -2.40. The Morgan fingerprint density at radius 1 is 0.826 bits per heavy atom. The molecule has 0 spiro atoms. The van der Waals surface area contributed by atoms with Crippen molar-refractivity contribution in [2.24, 2.45) is 9.98 Å². The number of aliphatic imine (C=N–C) groups is 2. The lowest BCUT2D eigenvalue weighted by atomic mass is 9.92. The SMILES string of the molecule is CCOC(=O)c1ccc(NC2=Nc3ccccc3N3C2=Nc2c(c(C)nn2-c2ccccc2)[C@H]3c2ccc(C(=O)OC)cc2)cc1. The Labute approximate surface area is 265 Å². The van der Waals surface area contributed by atoms with Crippen LogP contribution >= 0.6 is 0 Å². The molecule has 0 aliphatic carbocycles. The minimum Gasteiger partial charge on any atom is -0.465 e. The van der Waals surface area contributed by atoms with E-state index in [1.54, 1.807) is 31.2 Å². The second kappa shape index (κ2) is 11.8. The molecule has 1 N–H and O–H groups in total. The first-order valence-electron chi connectivity index (χ1n) is 14.9. The second-order valence-electron chi connectivity index (χ2n) is 10.8. The number of carbonyl (C=O) groups is 2. The third kappa shape index (κ3) is 4.99. The smallest absolute Gasteiger partial charge is 0.338 e. The number of benzene rings is 4. The largest absolute Gasteiger partial charge is 0.465 e. The zero-order chi connectivity index (χ0) is 31.8. The zero-order valence-electron chi connectivity index (χ0n) is 25.5. The summed E-state index contributed by atoms with van der Waals surface area (Å²) in [6.45, 7) is 4.07. The molecule has 1 atom stereocenters. The van der Waals surface area contributed by atoms with Crippen LogP contribution in [-0.2, 0) is 9.47 Å². The first-order chi connectivity index (χ1) is 22.5. The van der Waals surface area contributed by atoms with Gasteiger partial charge in [-0.1, -0.05) is 42.5 Å². The van der Waals surface area contributed by atoms with Crippen LogP contribution in [0.5, 0.6) is 0 Å². The van der Waals surface area contributed by atoms with Gasteiger partial charge in [-0.05, 0) is 80.1 Å². The highest BCUT2D eigenvalue weighted by Crippen LogP contribution is 2.48. The molecule has 10 heteroatoms. The van der Waals surface area contributed by atoms with Gasteiger partial charge in [0.1, 0.15) is 0 Å². The van der Waals surface area contributed by atoms with Gasteiger partial charge < -0.3 is 19.7 Å². The van der Waals surface area contributed by atoms with Gasteiger partial charge in [-0.3, -0.25) is 0 Å². The summed E-state index contributed by atoms with van der Waals surface area (Å²) in [5, 5.41) is 8.42. The number of carbonyl (C=O) groups excluding carboxylic acids is 2. The normalized spacial score (nSPS) is 14.7. The van der Waals surface area contributed by atoms with Gasteiger partial charge in [0.05, 0.1) is 53.6 Å². The van der Waals surface area contributed by atoms with E-state index in [0.717, 1.165) is 39.6 Å². The fraction of sp³-hybridized carbons (Fsp3) is 0.139. The fourth-order valence-electron chi connectivity index (χ4n) is 5.82. The first kappa shape index (κ1) is 28.7. The average molecular weight is 611 g/mol. The van der Waals surface area contributed by atoms with E-state index in [2.05, 4.69) is 10.2 Å². The quantitative estimate of drug-likeness (QED) is 0.207. The van der Waals surface area contributed by atoms with Crippen molar-refractivity contribution < 1.29 is 19.1 Å². The number of nitrogens with one attached hydrogen (secondary N) is 1. The summed E-state index contributed by atoms with van der Waals surface area (Å²) in [5.74, 6) is 1.03. The van der Waals surface area contributed by atoms with Gasteiger partial charge in [-0.2, -0.15) is 5.10 Å². The summed E-state index contributed by atoms with van der Waals surface area (Å²) in [6.07, 6.45) is 0. The topological polar surface area (TPSA) is 110 Å². The molecule has 0 radical (unpaired) electrons. The van der Waals surface area contributed by atoms with Gasteiger partial charge in [0.15, 0.2) is 17.5 Å². The molecular formula is C36H30N6O4. The Morgan fingerprint density at radius 2 is 1.50 bits per heavy atom. The predicted molar refractivity (Wildman–Crippen MR) is 177 cm³/mol. The molecule has 0 bridgehead atoms. The highest BCUT2D eigenvalue weighted by atomic mass is 16.5. The molecule has 0 saturated heterocycles. The molecule has 7 rings (SSSR count). The van der Waals surface area contributed by atoms with E-state index in [9.17, 15) is 9.59 Å². The van der Waals surface area contributed by atoms with Crippen LogP contribution in [-0.4, -0.2) is 47.1 Å². The molecule has 228 valence electrons. The van der Waals surface area contributed by atoms with Crippen LogP contribution in [0.4, 0.5) is 22.9 Å². The summed E-state index contributed by atoms with van der Waals surface area (Å²) in [5.41, 5.74) is 6.87. The minimum absolute atomic E-state index is 0.304. The Morgan fingerprint density at radius 3 is 2.22 bits per heavy atom. The monoisotopic (exact) mass is 610 g/mol. The Balaban J connectivity index is 1.40. The maximum atomic E-state index is 12.3. The molecule has 5 aromatic rings. The highest BCUT2D eigenvalue weighted by Gasteiger charge is 2.41. The number of fused-ring (bicyclic) bond motifs is 4. The summed E-state index contributed by atoms with van der Waals surface area (Å²) >= 11 is 0. The maximum Gasteiger partial charge on any atom is 0.338 e. The first-order valence-corrected chi connectivity index (χ1v) is 14.9. The van der Waals surface area contributed by atoms with Crippen molar-refractivity contribution in [1.29, 1.82) is 0 Å². The summed E-state index contributed by atoms with van der Waals surface area (Å²) in [6, 6.07) is 31.9. The molecule has 0 amide bonds. The van der Waals surface area contributed by atoms with Crippen LogP contribution < -0.4 is 10.2 Å². The third-order valence-corrected chi connectivity index (χ3v) is 7.95. The summed E-state index contributed by atoms with van der Waals surface area (Å²) < 4.78 is 12.0. The Hall–Kier alpha value is -6.03. The lowest BCUT2D eigenvalue weighted by Crippen LogP contribution is -2.46. The van der Waals surface area contributed by atoms with Crippen LogP contribution in [0.1, 0.15) is 50.5 Å². The van der Waals surface area contributed by atoms with Gasteiger partial charge in [0.2, 0.25) is 0 Å². The number of ether oxygens (including phenoxy) is 2. The van der Waals surface area contributed by atoms with Crippen molar-refractivity contribution in [3.05, 3.63) is 131 Å². The number of esters is 2. The van der Waals surface area contributed by atoms with E-state index >= 15 is 0 Å². The van der Waals surface area contributed by atoms with Gasteiger partial charge in [0.25, 0.3) is 0 Å². The number of anilines is 2. The number of hydrogen-bond acceptors (Lipinski definition) is 9. The number of aromatic nitrogens is 2. The Kier molecular flexibility index (Phi) is 7.38. The van der Waals surface area contributed by atoms with E-state index < -0.39 is 5.97 Å². The van der Waals surface area contributed by atoms with E-state index in [-0.39, 0.29) is 12.0 Å². The van der Waals surface area contributed by atoms with Crippen LogP contribution in [0.25, 0.3) is 5.69 Å². The van der Waals surface area contributed by atoms with Crippen LogP contribution in [0.15, 0.2) is 113 Å². The van der Waals surface area contributed by atoms with Crippen molar-refractivity contribution in [2.45, 2.75) is 19.9 Å². The number of amidine groups is 2. The molecule has 0 fully saturated rings. The predicted octanol–water partition coefficient (Wildman–Crippen LogP) is 6.94. The number of rotatable bonds is 6. The number of nitrogens with zero attached hydrogens (tertiary/aromatic N) is 5. The maximum absolute atomic E-state index is 12.3. The van der Waals surface area contributed by atoms with Crippen molar-refractivity contribution in [2.75, 3.05) is 23.9 Å². The van der Waals surface area contributed by atoms with E-state index in [1.807, 2.05) is 90.5 Å². The van der Waals surface area contributed by atoms with Crippen molar-refractivity contribution >= 4 is 46.5 Å². The summed E-state index contributed by atoms with van der Waals surface area (Å²) in [4.78, 5) is 37.0. The van der Waals surface area contributed by atoms with Gasteiger partial charge in [-0.15, -0.1) is 0 Å². The number of methoxy groups -OCH3 is 1. The summed E-state index contributed by atoms with van der Waals surface area (Å²) in [7, 11) is 1.37. The average Bonchev–Trinajstić information content (AvgIpc) is 3.43. The van der Waals surface area contributed by atoms with Crippen molar-refractivity contribution in [3.8, 4) is 5.69 Å². The number of para-hydroxylation sites is 3. The van der Waals surface area contributed by atoms with E-state index in [0.29, 0.717) is 35.2 Å². The molecule has 4 aromatic carbocycles. The molecule has 0 saturated carbocycles. The standard InChI is InChI=1S/C36H30N6O4/c1-4-46-36(44)25-18-20-26(21-19-25)37-32-34-39-33-30(22(2)40-42(33)27-10-6-5-7-11-27)31(23-14-16-24(17-15-23)35(43)45-3)41(34)29-13-9-8-12-28(29)38-32/h5-21,31H,4H2,1-3H3,(H,37,38)/t31-/m1/s1. The molecule has 1 aromatic heterocycles. The van der Waals surface area contributed by atoms with Crippen LogP contribution in [0.2, 0.25) is 0 Å². The highest BCUT2D eigenvalue weighted by molar-refractivity contribution is 6.51. The molecule has 0 unspecified atom stereocenters.